The fourth-order valence-corrected chi connectivity index (χ4v) is 4.50. The van der Waals surface area contributed by atoms with Gasteiger partial charge < -0.3 is 0 Å². The van der Waals surface area contributed by atoms with E-state index >= 15 is 0 Å². The third kappa shape index (κ3) is 3.81. The van der Waals surface area contributed by atoms with E-state index in [1.54, 1.807) is 0 Å². The van der Waals surface area contributed by atoms with Crippen LogP contribution in [0.5, 0.6) is 0 Å². The Labute approximate surface area is 149 Å². The highest BCUT2D eigenvalue weighted by Gasteiger charge is 2.43. The average molecular weight is 338 g/mol. The smallest absolute Gasteiger partial charge is 0.151 e. The maximum Gasteiger partial charge on any atom is 0.151 e. The van der Waals surface area contributed by atoms with E-state index in [-0.39, 0.29) is 23.3 Å². The molecule has 0 heterocycles. The molecule has 1 fully saturated rings. The molecule has 1 saturated carbocycles. The molecule has 0 aromatic heterocycles. The van der Waals surface area contributed by atoms with Gasteiger partial charge in [-0.2, -0.15) is 0 Å². The number of hydrogen-bond acceptors (Lipinski definition) is 3. The maximum atomic E-state index is 12.6. The summed E-state index contributed by atoms with van der Waals surface area (Å²) < 4.78 is 0. The highest BCUT2D eigenvalue weighted by atomic mass is 16.2. The van der Waals surface area contributed by atoms with Gasteiger partial charge in [0.25, 0.3) is 0 Å². The normalized spacial score (nSPS) is 29.6. The summed E-state index contributed by atoms with van der Waals surface area (Å²) in [6.07, 6.45) is 7.97. The summed E-state index contributed by atoms with van der Waals surface area (Å²) in [5.74, 6) is -0.769. The van der Waals surface area contributed by atoms with Gasteiger partial charge in [-0.05, 0) is 42.6 Å². The molecule has 0 N–H and O–H groups in total. The largest absolute Gasteiger partial charge is 0.298 e. The molecule has 0 aliphatic heterocycles. The first kappa shape index (κ1) is 17.8. The molecular weight excluding hydrogens is 312 g/mol. The quantitative estimate of drug-likeness (QED) is 0.595. The van der Waals surface area contributed by atoms with Crippen molar-refractivity contribution in [2.75, 3.05) is 0 Å². The highest BCUT2D eigenvalue weighted by molar-refractivity contribution is 6.20. The van der Waals surface area contributed by atoms with E-state index in [2.05, 4.69) is 24.3 Å². The molecule has 0 spiro atoms. The number of carbonyl (C=O) groups is 3. The Bertz CT molecular complexity index is 656. The minimum absolute atomic E-state index is 0.0563. The number of ketones is 3. The summed E-state index contributed by atoms with van der Waals surface area (Å²) in [7, 11) is 0. The van der Waals surface area contributed by atoms with E-state index in [0.717, 1.165) is 12.8 Å². The Morgan fingerprint density at radius 3 is 2.28 bits per heavy atom. The van der Waals surface area contributed by atoms with Gasteiger partial charge in [0.2, 0.25) is 0 Å². The van der Waals surface area contributed by atoms with E-state index in [4.69, 9.17) is 0 Å². The van der Waals surface area contributed by atoms with E-state index in [1.165, 1.54) is 5.56 Å². The molecule has 2 aliphatic carbocycles. The van der Waals surface area contributed by atoms with Crippen molar-refractivity contribution in [3.05, 3.63) is 48.0 Å². The molecule has 2 atom stereocenters. The highest BCUT2D eigenvalue weighted by Crippen LogP contribution is 2.43. The Balaban J connectivity index is 1.77. The molecule has 2 aliphatic rings. The van der Waals surface area contributed by atoms with Crippen molar-refractivity contribution in [1.82, 2.24) is 0 Å². The van der Waals surface area contributed by atoms with Crippen LogP contribution in [-0.2, 0) is 14.4 Å². The van der Waals surface area contributed by atoms with Gasteiger partial charge in [-0.3, -0.25) is 14.4 Å². The average Bonchev–Trinajstić information content (AvgIpc) is 2.62. The second-order valence-corrected chi connectivity index (χ2v) is 7.37. The summed E-state index contributed by atoms with van der Waals surface area (Å²) in [4.78, 5) is 37.2. The number of Topliss-reactive ketones (excluding diaryl/α,β-unsaturated/α-hetero) is 3. The summed E-state index contributed by atoms with van der Waals surface area (Å²) in [5, 5.41) is 0. The zero-order valence-corrected chi connectivity index (χ0v) is 14.8. The minimum atomic E-state index is -0.981. The molecule has 0 radical (unpaired) electrons. The van der Waals surface area contributed by atoms with Crippen molar-refractivity contribution in [2.45, 2.75) is 51.4 Å². The minimum Gasteiger partial charge on any atom is -0.298 e. The fourth-order valence-electron chi connectivity index (χ4n) is 4.50. The summed E-state index contributed by atoms with van der Waals surface area (Å²) in [6, 6.07) is 10.4. The number of allylic oxidation sites excluding steroid dienone is 2. The van der Waals surface area contributed by atoms with Crippen molar-refractivity contribution >= 4 is 17.3 Å². The Morgan fingerprint density at radius 1 is 1.00 bits per heavy atom. The van der Waals surface area contributed by atoms with Crippen molar-refractivity contribution in [3.8, 4) is 0 Å². The van der Waals surface area contributed by atoms with Crippen LogP contribution >= 0.6 is 0 Å². The van der Waals surface area contributed by atoms with Gasteiger partial charge in [-0.15, -0.1) is 0 Å². The van der Waals surface area contributed by atoms with Crippen LogP contribution in [0.2, 0.25) is 0 Å². The molecule has 0 saturated heterocycles. The summed E-state index contributed by atoms with van der Waals surface area (Å²) in [5.41, 5.74) is 1.28. The molecule has 1 aromatic carbocycles. The molecule has 1 aromatic rings. The fraction of sp³-hybridized carbons (Fsp3) is 0.500. The third-order valence-corrected chi connectivity index (χ3v) is 5.70. The lowest BCUT2D eigenvalue weighted by Gasteiger charge is -2.37. The first-order chi connectivity index (χ1) is 12.1. The van der Waals surface area contributed by atoms with Gasteiger partial charge in [0.1, 0.15) is 5.92 Å². The van der Waals surface area contributed by atoms with Crippen molar-refractivity contribution in [1.29, 1.82) is 0 Å². The molecule has 0 amide bonds. The number of carbonyl (C=O) groups excluding carboxylic acids is 3. The van der Waals surface area contributed by atoms with Gasteiger partial charge in [0.05, 0.1) is 0 Å². The second kappa shape index (κ2) is 7.90. The monoisotopic (exact) mass is 338 g/mol. The van der Waals surface area contributed by atoms with Gasteiger partial charge in [0.15, 0.2) is 17.3 Å². The van der Waals surface area contributed by atoms with E-state index in [1.807, 2.05) is 25.1 Å². The van der Waals surface area contributed by atoms with Crippen LogP contribution in [0.3, 0.4) is 0 Å². The first-order valence-corrected chi connectivity index (χ1v) is 9.40. The van der Waals surface area contributed by atoms with Gasteiger partial charge >= 0.3 is 0 Å². The zero-order valence-electron chi connectivity index (χ0n) is 14.8. The number of benzene rings is 1. The lowest BCUT2D eigenvalue weighted by Crippen LogP contribution is -2.41. The molecule has 0 bridgehead atoms. The maximum absolute atomic E-state index is 12.6. The lowest BCUT2D eigenvalue weighted by molar-refractivity contribution is -0.144. The van der Waals surface area contributed by atoms with Crippen LogP contribution in [0.25, 0.3) is 0 Å². The van der Waals surface area contributed by atoms with Gasteiger partial charge in [0, 0.05) is 19.3 Å². The van der Waals surface area contributed by atoms with Crippen LogP contribution < -0.4 is 0 Å². The van der Waals surface area contributed by atoms with Crippen molar-refractivity contribution in [3.63, 3.8) is 0 Å². The molecule has 3 rings (SSSR count). The Hall–Kier alpha value is -2.03. The van der Waals surface area contributed by atoms with Crippen LogP contribution in [0.1, 0.15) is 56.9 Å². The van der Waals surface area contributed by atoms with E-state index in [9.17, 15) is 14.4 Å². The van der Waals surface area contributed by atoms with E-state index < -0.39 is 5.92 Å². The van der Waals surface area contributed by atoms with Gasteiger partial charge in [-0.25, -0.2) is 0 Å². The van der Waals surface area contributed by atoms with Crippen LogP contribution in [0.4, 0.5) is 0 Å². The first-order valence-electron chi connectivity index (χ1n) is 9.40. The van der Waals surface area contributed by atoms with E-state index in [0.29, 0.717) is 37.5 Å². The van der Waals surface area contributed by atoms with Crippen LogP contribution in [-0.4, -0.2) is 17.3 Å². The second-order valence-electron chi connectivity index (χ2n) is 7.37. The molecule has 132 valence electrons. The molecule has 3 nitrogen and oxygen atoms in total. The Kier molecular flexibility index (Phi) is 5.62. The number of hydrogen-bond donors (Lipinski definition) is 0. The third-order valence-electron chi connectivity index (χ3n) is 5.70. The number of rotatable bonds is 5. The summed E-state index contributed by atoms with van der Waals surface area (Å²) in [6.45, 7) is 1.90. The molecular formula is C22H26O3. The van der Waals surface area contributed by atoms with Crippen LogP contribution in [0.15, 0.2) is 42.5 Å². The van der Waals surface area contributed by atoms with Crippen molar-refractivity contribution in [2.24, 2.45) is 17.8 Å². The van der Waals surface area contributed by atoms with Gasteiger partial charge in [-0.1, -0.05) is 49.4 Å². The topological polar surface area (TPSA) is 51.2 Å². The lowest BCUT2D eigenvalue weighted by atomic mass is 9.65. The molecule has 2 unspecified atom stereocenters. The standard InChI is InChI=1S/C22H26O3/c1-2-8-19(23)22-20(24)13-16(14-21(22)25)18-12-7-6-11-17(18)15-9-4-3-5-10-15/h3-7,9-10,16-18,22H,2,8,11-14H2,1H3. The predicted molar refractivity (Wildman–Crippen MR) is 97.2 cm³/mol. The SMILES string of the molecule is CCCC(=O)C1C(=O)CC(C2CC=CCC2c2ccccc2)CC1=O. The predicted octanol–water partition coefficient (Wildman–Crippen LogP) is 4.27. The van der Waals surface area contributed by atoms with Crippen LogP contribution in [0, 0.1) is 17.8 Å². The summed E-state index contributed by atoms with van der Waals surface area (Å²) >= 11 is 0. The molecule has 3 heteroatoms. The van der Waals surface area contributed by atoms with Crippen molar-refractivity contribution < 1.29 is 14.4 Å². The zero-order chi connectivity index (χ0) is 17.8. The molecule has 25 heavy (non-hydrogen) atoms. The Morgan fingerprint density at radius 2 is 1.64 bits per heavy atom.